The SMILES string of the molecule is CC(C)C1=CN(CCC(=O)O)C(=O)C[C@@]1(C)c1cc(F)c(/C=C/C(C)(C)C)c(Cl)c1. The van der Waals surface area contributed by atoms with E-state index in [9.17, 15) is 9.59 Å². The van der Waals surface area contributed by atoms with Crippen molar-refractivity contribution in [1.29, 1.82) is 0 Å². The molecule has 0 aliphatic carbocycles. The molecule has 1 aliphatic heterocycles. The summed E-state index contributed by atoms with van der Waals surface area (Å²) in [4.78, 5) is 25.1. The Balaban J connectivity index is 2.50. The number of aliphatic carboxylic acids is 1. The van der Waals surface area contributed by atoms with Gasteiger partial charge in [0.05, 0.1) is 11.4 Å². The molecular weight excluding hydrogens is 405 g/mol. The van der Waals surface area contributed by atoms with Gasteiger partial charge in [-0.25, -0.2) is 4.39 Å². The smallest absolute Gasteiger partial charge is 0.305 e. The van der Waals surface area contributed by atoms with Crippen LogP contribution in [0.3, 0.4) is 0 Å². The third-order valence-corrected chi connectivity index (χ3v) is 5.72. The number of rotatable bonds is 6. The third-order valence-electron chi connectivity index (χ3n) is 5.41. The van der Waals surface area contributed by atoms with Crippen LogP contribution in [0.5, 0.6) is 0 Å². The number of allylic oxidation sites excluding steroid dienone is 2. The number of amides is 1. The van der Waals surface area contributed by atoms with Gasteiger partial charge in [-0.1, -0.05) is 65.3 Å². The van der Waals surface area contributed by atoms with E-state index < -0.39 is 17.2 Å². The summed E-state index contributed by atoms with van der Waals surface area (Å²) in [5.41, 5.74) is 1.09. The zero-order chi connectivity index (χ0) is 22.9. The number of hydrogen-bond acceptors (Lipinski definition) is 2. The first-order chi connectivity index (χ1) is 13.7. The molecule has 1 aromatic rings. The molecule has 1 amide bonds. The lowest BCUT2D eigenvalue weighted by atomic mass is 9.68. The van der Waals surface area contributed by atoms with Crippen LogP contribution in [0.1, 0.15) is 65.5 Å². The Labute approximate surface area is 183 Å². The Morgan fingerprint density at radius 2 is 2.00 bits per heavy atom. The van der Waals surface area contributed by atoms with Gasteiger partial charge in [-0.05, 0) is 34.6 Å². The van der Waals surface area contributed by atoms with Crippen molar-refractivity contribution < 1.29 is 19.1 Å². The summed E-state index contributed by atoms with van der Waals surface area (Å²) < 4.78 is 15.0. The number of nitrogens with zero attached hydrogens (tertiary/aromatic N) is 1. The molecule has 1 heterocycles. The van der Waals surface area contributed by atoms with Crippen LogP contribution in [0.2, 0.25) is 5.02 Å². The van der Waals surface area contributed by atoms with Gasteiger partial charge in [0.15, 0.2) is 0 Å². The Morgan fingerprint density at radius 1 is 1.37 bits per heavy atom. The predicted molar refractivity (Wildman–Crippen MR) is 119 cm³/mol. The molecule has 0 bridgehead atoms. The minimum atomic E-state index is -0.955. The zero-order valence-corrected chi connectivity index (χ0v) is 19.3. The number of hydrogen-bond donors (Lipinski definition) is 1. The van der Waals surface area contributed by atoms with Crippen molar-refractivity contribution in [2.75, 3.05) is 6.54 Å². The van der Waals surface area contributed by atoms with Crippen molar-refractivity contribution in [1.82, 2.24) is 4.90 Å². The molecular formula is C24H31ClFNO3. The molecule has 6 heteroatoms. The largest absolute Gasteiger partial charge is 0.481 e. The van der Waals surface area contributed by atoms with Gasteiger partial charge in [0.2, 0.25) is 5.91 Å². The lowest BCUT2D eigenvalue weighted by molar-refractivity contribution is -0.138. The highest BCUT2D eigenvalue weighted by Gasteiger charge is 2.40. The summed E-state index contributed by atoms with van der Waals surface area (Å²) in [5, 5.41) is 9.25. The van der Waals surface area contributed by atoms with Gasteiger partial charge < -0.3 is 10.0 Å². The molecule has 0 radical (unpaired) electrons. The van der Waals surface area contributed by atoms with Crippen molar-refractivity contribution in [2.24, 2.45) is 11.3 Å². The van der Waals surface area contributed by atoms with E-state index in [1.165, 1.54) is 11.0 Å². The molecule has 4 nitrogen and oxygen atoms in total. The number of carbonyl (C=O) groups excluding carboxylic acids is 1. The average Bonchev–Trinajstić information content (AvgIpc) is 2.58. The van der Waals surface area contributed by atoms with Crippen LogP contribution in [-0.2, 0) is 15.0 Å². The van der Waals surface area contributed by atoms with Crippen molar-refractivity contribution in [3.8, 4) is 0 Å². The van der Waals surface area contributed by atoms with Crippen LogP contribution in [0, 0.1) is 17.2 Å². The van der Waals surface area contributed by atoms with Gasteiger partial charge in [-0.15, -0.1) is 0 Å². The molecule has 1 aliphatic rings. The highest BCUT2D eigenvalue weighted by Crippen LogP contribution is 2.44. The highest BCUT2D eigenvalue weighted by molar-refractivity contribution is 6.32. The quantitative estimate of drug-likeness (QED) is 0.592. The first-order valence-corrected chi connectivity index (χ1v) is 10.5. The van der Waals surface area contributed by atoms with E-state index >= 15 is 4.39 Å². The zero-order valence-electron chi connectivity index (χ0n) is 18.6. The second kappa shape index (κ2) is 8.93. The Morgan fingerprint density at radius 3 is 2.50 bits per heavy atom. The minimum Gasteiger partial charge on any atom is -0.481 e. The van der Waals surface area contributed by atoms with Gasteiger partial charge in [0.25, 0.3) is 0 Å². The summed E-state index contributed by atoms with van der Waals surface area (Å²) in [5.74, 6) is -1.49. The molecule has 30 heavy (non-hydrogen) atoms. The molecule has 0 unspecified atom stereocenters. The maximum atomic E-state index is 15.0. The van der Waals surface area contributed by atoms with E-state index in [0.29, 0.717) is 16.1 Å². The fraction of sp³-hybridized carbons (Fsp3) is 0.500. The van der Waals surface area contributed by atoms with Crippen LogP contribution >= 0.6 is 11.6 Å². The van der Waals surface area contributed by atoms with E-state index in [4.69, 9.17) is 16.7 Å². The normalized spacial score (nSPS) is 20.2. The average molecular weight is 436 g/mol. The molecule has 0 saturated carbocycles. The molecule has 164 valence electrons. The molecule has 1 N–H and O–H groups in total. The molecule has 2 rings (SSSR count). The second-order valence-electron chi connectivity index (χ2n) is 9.53. The van der Waals surface area contributed by atoms with Gasteiger partial charge in [0.1, 0.15) is 5.82 Å². The molecule has 0 saturated heterocycles. The van der Waals surface area contributed by atoms with Crippen molar-refractivity contribution in [3.05, 3.63) is 51.9 Å². The maximum absolute atomic E-state index is 15.0. The molecule has 1 aromatic carbocycles. The first kappa shape index (κ1) is 24.1. The Kier molecular flexibility index (Phi) is 7.18. The minimum absolute atomic E-state index is 0.0812. The fourth-order valence-corrected chi connectivity index (χ4v) is 4.01. The summed E-state index contributed by atoms with van der Waals surface area (Å²) in [7, 11) is 0. The summed E-state index contributed by atoms with van der Waals surface area (Å²) >= 11 is 6.45. The fourth-order valence-electron chi connectivity index (χ4n) is 3.74. The molecule has 0 fully saturated rings. The first-order valence-electron chi connectivity index (χ1n) is 10.2. The number of halogens is 2. The summed E-state index contributed by atoms with van der Waals surface area (Å²) in [6.07, 6.45) is 5.34. The standard InChI is InChI=1S/C24H31ClFNO3/c1-15(2)18-14-27(10-8-22(29)30)21(28)13-24(18,6)16-11-19(25)17(20(26)12-16)7-9-23(3,4)5/h7,9,11-12,14-15H,8,10,13H2,1-6H3,(H,29,30)/b9-7+/t24-/m0/s1. The predicted octanol–water partition coefficient (Wildman–Crippen LogP) is 6.04. The molecule has 0 spiro atoms. The summed E-state index contributed by atoms with van der Waals surface area (Å²) in [6.45, 7) is 12.1. The monoisotopic (exact) mass is 435 g/mol. The van der Waals surface area contributed by atoms with E-state index in [1.54, 1.807) is 18.3 Å². The van der Waals surface area contributed by atoms with Crippen LogP contribution in [0.4, 0.5) is 4.39 Å². The van der Waals surface area contributed by atoms with Crippen molar-refractivity contribution >= 4 is 29.6 Å². The molecule has 1 atom stereocenters. The second-order valence-corrected chi connectivity index (χ2v) is 9.94. The topological polar surface area (TPSA) is 57.6 Å². The van der Waals surface area contributed by atoms with Crippen LogP contribution in [0.15, 0.2) is 30.0 Å². The number of carboxylic acid groups (broad SMARTS) is 1. The maximum Gasteiger partial charge on any atom is 0.305 e. The Bertz CT molecular complexity index is 875. The van der Waals surface area contributed by atoms with Crippen LogP contribution in [0.25, 0.3) is 6.08 Å². The van der Waals surface area contributed by atoms with E-state index in [-0.39, 0.29) is 36.6 Å². The van der Waals surface area contributed by atoms with E-state index in [2.05, 4.69) is 0 Å². The van der Waals surface area contributed by atoms with E-state index in [1.807, 2.05) is 47.6 Å². The molecule has 0 aromatic heterocycles. The number of benzene rings is 1. The number of carboxylic acids is 1. The third kappa shape index (κ3) is 5.51. The van der Waals surface area contributed by atoms with Gasteiger partial charge in [-0.3, -0.25) is 9.59 Å². The van der Waals surface area contributed by atoms with Gasteiger partial charge in [-0.2, -0.15) is 0 Å². The van der Waals surface area contributed by atoms with Crippen molar-refractivity contribution in [3.63, 3.8) is 0 Å². The Hall–Kier alpha value is -2.14. The summed E-state index contributed by atoms with van der Waals surface area (Å²) in [6, 6.07) is 3.20. The number of carbonyl (C=O) groups is 2. The van der Waals surface area contributed by atoms with E-state index in [0.717, 1.165) is 5.57 Å². The van der Waals surface area contributed by atoms with Crippen LogP contribution in [-0.4, -0.2) is 28.4 Å². The lowest BCUT2D eigenvalue weighted by Gasteiger charge is -2.41. The van der Waals surface area contributed by atoms with Gasteiger partial charge in [0, 0.05) is 30.1 Å². The van der Waals surface area contributed by atoms with Crippen molar-refractivity contribution in [2.45, 2.75) is 59.8 Å². The van der Waals surface area contributed by atoms with Gasteiger partial charge >= 0.3 is 5.97 Å². The highest BCUT2D eigenvalue weighted by atomic mass is 35.5. The van der Waals surface area contributed by atoms with Crippen LogP contribution < -0.4 is 0 Å². The lowest BCUT2D eigenvalue weighted by Crippen LogP contribution is -2.42.